The Balaban J connectivity index is 1.82. The Hall–Kier alpha value is -1.55. The Labute approximate surface area is 132 Å². The molecule has 0 radical (unpaired) electrons. The summed E-state index contributed by atoms with van der Waals surface area (Å²) in [5.74, 6) is 1.24. The van der Waals surface area contributed by atoms with Crippen molar-refractivity contribution < 1.29 is 9.13 Å². The van der Waals surface area contributed by atoms with Crippen LogP contribution >= 0.6 is 15.9 Å². The molecule has 1 N–H and O–H groups in total. The molecular weight excluding hydrogens is 333 g/mol. The minimum absolute atomic E-state index is 0.194. The normalized spacial score (nSPS) is 15.6. The van der Waals surface area contributed by atoms with Gasteiger partial charge in [0.1, 0.15) is 11.6 Å². The van der Waals surface area contributed by atoms with Gasteiger partial charge in [0, 0.05) is 5.69 Å². The number of halogens is 2. The maximum atomic E-state index is 13.1. The summed E-state index contributed by atoms with van der Waals surface area (Å²) in [6.45, 7) is 0. The van der Waals surface area contributed by atoms with Crippen molar-refractivity contribution in [1.29, 1.82) is 0 Å². The molecule has 2 nitrogen and oxygen atoms in total. The Morgan fingerprint density at radius 2 is 1.90 bits per heavy atom. The van der Waals surface area contributed by atoms with E-state index in [0.717, 1.165) is 21.5 Å². The molecule has 21 heavy (non-hydrogen) atoms. The highest BCUT2D eigenvalue weighted by atomic mass is 79.9. The fraction of sp³-hybridized carbons (Fsp3) is 0.294. The highest BCUT2D eigenvalue weighted by Crippen LogP contribution is 2.43. The first kappa shape index (κ1) is 14.4. The monoisotopic (exact) mass is 349 g/mol. The lowest BCUT2D eigenvalue weighted by atomic mass is 10.0. The highest BCUT2D eigenvalue weighted by Gasteiger charge is 2.32. The topological polar surface area (TPSA) is 21.3 Å². The second kappa shape index (κ2) is 6.06. The van der Waals surface area contributed by atoms with Crippen molar-refractivity contribution in [2.24, 2.45) is 5.92 Å². The van der Waals surface area contributed by atoms with Gasteiger partial charge in [-0.2, -0.15) is 0 Å². The van der Waals surface area contributed by atoms with Crippen LogP contribution in [0.4, 0.5) is 10.1 Å². The van der Waals surface area contributed by atoms with Crippen LogP contribution in [0.3, 0.4) is 0 Å². The van der Waals surface area contributed by atoms with Gasteiger partial charge in [-0.1, -0.05) is 12.1 Å². The molecule has 0 saturated heterocycles. The second-order valence-electron chi connectivity index (χ2n) is 5.36. The minimum atomic E-state index is -0.194. The van der Waals surface area contributed by atoms with E-state index in [1.165, 1.54) is 25.0 Å². The first-order chi connectivity index (χ1) is 10.2. The number of rotatable bonds is 5. The standard InChI is InChI=1S/C17H17BrFNO/c1-21-16-9-8-14(10-15(16)18)20-17(11-2-3-11)12-4-6-13(19)7-5-12/h4-11,17,20H,2-3H2,1H3. The van der Waals surface area contributed by atoms with Crippen LogP contribution in [0.1, 0.15) is 24.4 Å². The second-order valence-corrected chi connectivity index (χ2v) is 6.21. The lowest BCUT2D eigenvalue weighted by molar-refractivity contribution is 0.412. The van der Waals surface area contributed by atoms with E-state index in [4.69, 9.17) is 4.74 Å². The van der Waals surface area contributed by atoms with Crippen LogP contribution in [0, 0.1) is 11.7 Å². The van der Waals surface area contributed by atoms with Crippen LogP contribution in [0.5, 0.6) is 5.75 Å². The molecule has 1 atom stereocenters. The zero-order chi connectivity index (χ0) is 14.8. The van der Waals surface area contributed by atoms with Crippen LogP contribution in [0.2, 0.25) is 0 Å². The molecule has 2 aromatic rings. The molecule has 0 heterocycles. The fourth-order valence-electron chi connectivity index (χ4n) is 2.51. The predicted octanol–water partition coefficient (Wildman–Crippen LogP) is 5.16. The number of ether oxygens (including phenoxy) is 1. The molecule has 0 aliphatic heterocycles. The molecule has 0 aromatic heterocycles. The largest absolute Gasteiger partial charge is 0.496 e. The molecule has 110 valence electrons. The average molecular weight is 350 g/mol. The maximum Gasteiger partial charge on any atom is 0.133 e. The fourth-order valence-corrected chi connectivity index (χ4v) is 3.05. The van der Waals surface area contributed by atoms with Crippen molar-refractivity contribution in [3.8, 4) is 5.75 Å². The third kappa shape index (κ3) is 3.38. The zero-order valence-corrected chi connectivity index (χ0v) is 13.4. The van der Waals surface area contributed by atoms with Crippen molar-refractivity contribution in [3.05, 3.63) is 58.3 Å². The summed E-state index contributed by atoms with van der Waals surface area (Å²) in [6.07, 6.45) is 2.43. The van der Waals surface area contributed by atoms with E-state index >= 15 is 0 Å². The number of methoxy groups -OCH3 is 1. The van der Waals surface area contributed by atoms with Gasteiger partial charge < -0.3 is 10.1 Å². The van der Waals surface area contributed by atoms with Gasteiger partial charge >= 0.3 is 0 Å². The summed E-state index contributed by atoms with van der Waals surface area (Å²) in [4.78, 5) is 0. The molecule has 1 aliphatic rings. The summed E-state index contributed by atoms with van der Waals surface area (Å²) in [5.41, 5.74) is 2.16. The van der Waals surface area contributed by atoms with Gasteiger partial charge in [0.2, 0.25) is 0 Å². The minimum Gasteiger partial charge on any atom is -0.496 e. The molecule has 3 rings (SSSR count). The summed E-state index contributed by atoms with van der Waals surface area (Å²) in [5, 5.41) is 3.56. The first-order valence-electron chi connectivity index (χ1n) is 7.03. The number of nitrogens with one attached hydrogen (secondary N) is 1. The molecule has 1 aliphatic carbocycles. The Bertz CT molecular complexity index is 625. The molecule has 1 fully saturated rings. The van der Waals surface area contributed by atoms with Crippen molar-refractivity contribution in [3.63, 3.8) is 0 Å². The van der Waals surface area contributed by atoms with Crippen LogP contribution in [-0.2, 0) is 0 Å². The number of anilines is 1. The third-order valence-electron chi connectivity index (χ3n) is 3.80. The summed E-state index contributed by atoms with van der Waals surface area (Å²) >= 11 is 3.50. The van der Waals surface area contributed by atoms with Gasteiger partial charge in [-0.05, 0) is 70.6 Å². The van der Waals surface area contributed by atoms with Gasteiger partial charge in [0.05, 0.1) is 17.6 Å². The SMILES string of the molecule is COc1ccc(NC(c2ccc(F)cc2)C2CC2)cc1Br. The maximum absolute atomic E-state index is 13.1. The van der Waals surface area contributed by atoms with Crippen LogP contribution in [0.25, 0.3) is 0 Å². The summed E-state index contributed by atoms with van der Waals surface area (Å²) in [7, 11) is 1.65. The van der Waals surface area contributed by atoms with Gasteiger partial charge in [0.15, 0.2) is 0 Å². The number of hydrogen-bond acceptors (Lipinski definition) is 2. The lowest BCUT2D eigenvalue weighted by Crippen LogP contribution is -2.13. The van der Waals surface area contributed by atoms with E-state index in [9.17, 15) is 4.39 Å². The molecule has 0 amide bonds. The average Bonchev–Trinajstić information content (AvgIpc) is 3.31. The van der Waals surface area contributed by atoms with Gasteiger partial charge in [-0.25, -0.2) is 4.39 Å². The van der Waals surface area contributed by atoms with Crippen LogP contribution in [0.15, 0.2) is 46.9 Å². The van der Waals surface area contributed by atoms with Gasteiger partial charge in [-0.3, -0.25) is 0 Å². The Kier molecular flexibility index (Phi) is 4.15. The molecule has 2 aromatic carbocycles. The zero-order valence-electron chi connectivity index (χ0n) is 11.8. The Morgan fingerprint density at radius 1 is 1.19 bits per heavy atom. The number of benzene rings is 2. The van der Waals surface area contributed by atoms with Crippen molar-refractivity contribution in [2.75, 3.05) is 12.4 Å². The highest BCUT2D eigenvalue weighted by molar-refractivity contribution is 9.10. The summed E-state index contributed by atoms with van der Waals surface area (Å²) in [6, 6.07) is 13.0. The van der Waals surface area contributed by atoms with Gasteiger partial charge in [-0.15, -0.1) is 0 Å². The Morgan fingerprint density at radius 3 is 2.48 bits per heavy atom. The molecule has 1 unspecified atom stereocenters. The van der Waals surface area contributed by atoms with Crippen molar-refractivity contribution in [1.82, 2.24) is 0 Å². The van der Waals surface area contributed by atoms with E-state index in [1.807, 2.05) is 30.3 Å². The molecule has 0 spiro atoms. The smallest absolute Gasteiger partial charge is 0.133 e. The van der Waals surface area contributed by atoms with Gasteiger partial charge in [0.25, 0.3) is 0 Å². The molecule has 0 bridgehead atoms. The van der Waals surface area contributed by atoms with E-state index in [1.54, 1.807) is 7.11 Å². The number of hydrogen-bond donors (Lipinski definition) is 1. The van der Waals surface area contributed by atoms with Crippen LogP contribution in [-0.4, -0.2) is 7.11 Å². The van der Waals surface area contributed by atoms with E-state index in [0.29, 0.717) is 5.92 Å². The van der Waals surface area contributed by atoms with E-state index in [-0.39, 0.29) is 11.9 Å². The quantitative estimate of drug-likeness (QED) is 0.804. The lowest BCUT2D eigenvalue weighted by Gasteiger charge is -2.20. The van der Waals surface area contributed by atoms with E-state index < -0.39 is 0 Å². The van der Waals surface area contributed by atoms with E-state index in [2.05, 4.69) is 21.2 Å². The third-order valence-corrected chi connectivity index (χ3v) is 4.42. The molecule has 1 saturated carbocycles. The first-order valence-corrected chi connectivity index (χ1v) is 7.82. The van der Waals surface area contributed by atoms with Crippen molar-refractivity contribution >= 4 is 21.6 Å². The molecular formula is C17H17BrFNO. The van der Waals surface area contributed by atoms with Crippen molar-refractivity contribution in [2.45, 2.75) is 18.9 Å². The predicted molar refractivity (Wildman–Crippen MR) is 86.2 cm³/mol. The van der Waals surface area contributed by atoms with Crippen LogP contribution < -0.4 is 10.1 Å². The molecule has 4 heteroatoms. The summed E-state index contributed by atoms with van der Waals surface area (Å²) < 4.78 is 19.3.